The Morgan fingerprint density at radius 2 is 2.43 bits per heavy atom. The standard InChI is InChI=1S/C9H15N3O2/c1-7-11-8(14-12-7)10-5-9(2)3-4-13-6-9/h3-6H2,1-2H3,(H,10,11,12). The van der Waals surface area contributed by atoms with Gasteiger partial charge >= 0.3 is 6.01 Å². The Labute approximate surface area is 82.8 Å². The van der Waals surface area contributed by atoms with Crippen LogP contribution in [0.3, 0.4) is 0 Å². The highest BCUT2D eigenvalue weighted by molar-refractivity contribution is 5.18. The zero-order valence-electron chi connectivity index (χ0n) is 8.54. The van der Waals surface area contributed by atoms with Gasteiger partial charge in [-0.2, -0.15) is 4.98 Å². The van der Waals surface area contributed by atoms with Crippen molar-refractivity contribution < 1.29 is 9.26 Å². The van der Waals surface area contributed by atoms with Gasteiger partial charge in [0.15, 0.2) is 5.82 Å². The summed E-state index contributed by atoms with van der Waals surface area (Å²) in [5.41, 5.74) is 0.197. The first-order chi connectivity index (χ1) is 6.68. The monoisotopic (exact) mass is 197 g/mol. The van der Waals surface area contributed by atoms with Crippen LogP contribution in [0.1, 0.15) is 19.2 Å². The molecule has 0 spiro atoms. The van der Waals surface area contributed by atoms with Gasteiger partial charge in [-0.3, -0.25) is 0 Å². The van der Waals surface area contributed by atoms with Crippen molar-refractivity contribution in [3.63, 3.8) is 0 Å². The number of hydrogen-bond acceptors (Lipinski definition) is 5. The zero-order valence-corrected chi connectivity index (χ0v) is 8.54. The van der Waals surface area contributed by atoms with Crippen molar-refractivity contribution in [2.24, 2.45) is 5.41 Å². The van der Waals surface area contributed by atoms with Crippen LogP contribution in [0.2, 0.25) is 0 Å². The van der Waals surface area contributed by atoms with Crippen molar-refractivity contribution in [1.29, 1.82) is 0 Å². The molecule has 0 bridgehead atoms. The summed E-state index contributed by atoms with van der Waals surface area (Å²) in [6, 6.07) is 0.496. The predicted octanol–water partition coefficient (Wildman–Crippen LogP) is 1.22. The first-order valence-corrected chi connectivity index (χ1v) is 4.80. The summed E-state index contributed by atoms with van der Waals surface area (Å²) >= 11 is 0. The van der Waals surface area contributed by atoms with Crippen LogP contribution in [0, 0.1) is 12.3 Å². The van der Waals surface area contributed by atoms with Crippen LogP contribution in [0.5, 0.6) is 0 Å². The molecule has 0 saturated carbocycles. The molecule has 1 fully saturated rings. The van der Waals surface area contributed by atoms with Gasteiger partial charge in [0.2, 0.25) is 0 Å². The number of ether oxygens (including phenoxy) is 1. The maximum Gasteiger partial charge on any atom is 0.321 e. The summed E-state index contributed by atoms with van der Waals surface area (Å²) in [4.78, 5) is 4.07. The van der Waals surface area contributed by atoms with Crippen molar-refractivity contribution in [2.45, 2.75) is 20.3 Å². The fraction of sp³-hybridized carbons (Fsp3) is 0.778. The molecule has 14 heavy (non-hydrogen) atoms. The molecule has 0 amide bonds. The number of nitrogens with zero attached hydrogens (tertiary/aromatic N) is 2. The molecule has 2 heterocycles. The lowest BCUT2D eigenvalue weighted by atomic mass is 9.90. The predicted molar refractivity (Wildman–Crippen MR) is 51.1 cm³/mol. The number of anilines is 1. The Kier molecular flexibility index (Phi) is 2.41. The van der Waals surface area contributed by atoms with E-state index in [2.05, 4.69) is 22.4 Å². The van der Waals surface area contributed by atoms with Gasteiger partial charge in [0.25, 0.3) is 0 Å². The molecular weight excluding hydrogens is 182 g/mol. The molecule has 5 heteroatoms. The molecule has 1 aliphatic rings. The molecule has 1 saturated heterocycles. The van der Waals surface area contributed by atoms with E-state index in [-0.39, 0.29) is 5.41 Å². The Morgan fingerprint density at radius 1 is 1.57 bits per heavy atom. The molecule has 5 nitrogen and oxygen atoms in total. The fourth-order valence-corrected chi connectivity index (χ4v) is 1.51. The van der Waals surface area contributed by atoms with E-state index in [1.54, 1.807) is 6.92 Å². The van der Waals surface area contributed by atoms with E-state index >= 15 is 0 Å². The molecule has 1 aromatic rings. The smallest absolute Gasteiger partial charge is 0.321 e. The molecule has 1 aliphatic heterocycles. The quantitative estimate of drug-likeness (QED) is 0.789. The van der Waals surface area contributed by atoms with E-state index in [1.165, 1.54) is 0 Å². The molecule has 0 aromatic carbocycles. The van der Waals surface area contributed by atoms with E-state index in [4.69, 9.17) is 9.26 Å². The van der Waals surface area contributed by atoms with Crippen molar-refractivity contribution in [1.82, 2.24) is 10.1 Å². The Morgan fingerprint density at radius 3 is 3.00 bits per heavy atom. The van der Waals surface area contributed by atoms with Crippen LogP contribution in [-0.2, 0) is 4.74 Å². The highest BCUT2D eigenvalue weighted by Crippen LogP contribution is 2.27. The SMILES string of the molecule is Cc1noc(NCC2(C)CCOC2)n1. The summed E-state index contributed by atoms with van der Waals surface area (Å²) in [6.45, 7) is 6.45. The topological polar surface area (TPSA) is 60.2 Å². The van der Waals surface area contributed by atoms with E-state index in [0.29, 0.717) is 11.8 Å². The lowest BCUT2D eigenvalue weighted by Gasteiger charge is -2.20. The Bertz CT molecular complexity index is 305. The summed E-state index contributed by atoms with van der Waals surface area (Å²) in [6.07, 6.45) is 1.08. The van der Waals surface area contributed by atoms with Crippen molar-refractivity contribution in [2.75, 3.05) is 25.1 Å². The normalized spacial score (nSPS) is 26.7. The Balaban J connectivity index is 1.87. The molecule has 0 radical (unpaired) electrons. The minimum absolute atomic E-state index is 0.197. The van der Waals surface area contributed by atoms with Crippen molar-refractivity contribution in [3.05, 3.63) is 5.82 Å². The van der Waals surface area contributed by atoms with E-state index in [0.717, 1.165) is 26.2 Å². The van der Waals surface area contributed by atoms with Gasteiger partial charge in [-0.1, -0.05) is 12.1 Å². The van der Waals surface area contributed by atoms with Crippen LogP contribution in [-0.4, -0.2) is 29.9 Å². The van der Waals surface area contributed by atoms with Gasteiger partial charge in [-0.05, 0) is 13.3 Å². The highest BCUT2D eigenvalue weighted by Gasteiger charge is 2.29. The summed E-state index contributed by atoms with van der Waals surface area (Å²) in [5.74, 6) is 0.653. The second kappa shape index (κ2) is 3.57. The molecular formula is C9H15N3O2. The molecule has 1 atom stereocenters. The maximum absolute atomic E-state index is 5.35. The van der Waals surface area contributed by atoms with Crippen LogP contribution in [0.25, 0.3) is 0 Å². The molecule has 2 rings (SSSR count). The second-order valence-corrected chi connectivity index (χ2v) is 4.11. The number of aromatic nitrogens is 2. The van der Waals surface area contributed by atoms with Crippen LogP contribution in [0.4, 0.5) is 6.01 Å². The highest BCUT2D eigenvalue weighted by atomic mass is 16.5. The number of nitrogens with one attached hydrogen (secondary N) is 1. The third-order valence-electron chi connectivity index (χ3n) is 2.49. The first-order valence-electron chi connectivity index (χ1n) is 4.80. The average Bonchev–Trinajstić information content (AvgIpc) is 2.73. The lowest BCUT2D eigenvalue weighted by Crippen LogP contribution is -2.26. The van der Waals surface area contributed by atoms with Gasteiger partial charge in [-0.15, -0.1) is 0 Å². The largest absolute Gasteiger partial charge is 0.381 e. The third-order valence-corrected chi connectivity index (χ3v) is 2.49. The summed E-state index contributed by atoms with van der Waals surface area (Å²) < 4.78 is 10.3. The van der Waals surface area contributed by atoms with Gasteiger partial charge in [0.05, 0.1) is 6.61 Å². The third kappa shape index (κ3) is 2.04. The van der Waals surface area contributed by atoms with E-state index < -0.39 is 0 Å². The number of rotatable bonds is 3. The van der Waals surface area contributed by atoms with E-state index in [9.17, 15) is 0 Å². The van der Waals surface area contributed by atoms with Gasteiger partial charge in [0.1, 0.15) is 0 Å². The lowest BCUT2D eigenvalue weighted by molar-refractivity contribution is 0.164. The summed E-state index contributed by atoms with van der Waals surface area (Å²) in [5, 5.41) is 6.83. The van der Waals surface area contributed by atoms with Gasteiger partial charge in [-0.25, -0.2) is 0 Å². The fourth-order valence-electron chi connectivity index (χ4n) is 1.51. The van der Waals surface area contributed by atoms with Crippen molar-refractivity contribution in [3.8, 4) is 0 Å². The number of aryl methyl sites for hydroxylation is 1. The molecule has 1 aromatic heterocycles. The maximum atomic E-state index is 5.35. The van der Waals surface area contributed by atoms with Crippen LogP contribution in [0.15, 0.2) is 4.52 Å². The van der Waals surface area contributed by atoms with E-state index in [1.807, 2.05) is 0 Å². The molecule has 78 valence electrons. The zero-order chi connectivity index (χ0) is 10.0. The average molecular weight is 197 g/mol. The number of hydrogen-bond donors (Lipinski definition) is 1. The van der Waals surface area contributed by atoms with Crippen molar-refractivity contribution >= 4 is 6.01 Å². The minimum atomic E-state index is 0.197. The molecule has 1 unspecified atom stereocenters. The minimum Gasteiger partial charge on any atom is -0.381 e. The molecule has 0 aliphatic carbocycles. The first kappa shape index (κ1) is 9.45. The Hall–Kier alpha value is -1.10. The second-order valence-electron chi connectivity index (χ2n) is 4.11. The van der Waals surface area contributed by atoms with Crippen LogP contribution < -0.4 is 5.32 Å². The van der Waals surface area contributed by atoms with Gasteiger partial charge in [0, 0.05) is 18.6 Å². The summed E-state index contributed by atoms with van der Waals surface area (Å²) in [7, 11) is 0. The van der Waals surface area contributed by atoms with Gasteiger partial charge < -0.3 is 14.6 Å². The van der Waals surface area contributed by atoms with Crippen LogP contribution >= 0.6 is 0 Å². The molecule has 1 N–H and O–H groups in total.